The van der Waals surface area contributed by atoms with Crippen LogP contribution in [0.4, 0.5) is 0 Å². The molecule has 3 aromatic rings. The largest absolute Gasteiger partial charge is 0.497 e. The number of methoxy groups -OCH3 is 1. The van der Waals surface area contributed by atoms with Crippen molar-refractivity contribution in [3.05, 3.63) is 69.0 Å². The van der Waals surface area contributed by atoms with E-state index in [4.69, 9.17) is 9.72 Å². The molecule has 128 valence electrons. The maximum Gasteiger partial charge on any atom is 0.254 e. The van der Waals surface area contributed by atoms with E-state index < -0.39 is 0 Å². The number of thiophene rings is 1. The summed E-state index contributed by atoms with van der Waals surface area (Å²) < 4.78 is 5.21. The van der Waals surface area contributed by atoms with Gasteiger partial charge in [0, 0.05) is 25.2 Å². The van der Waals surface area contributed by atoms with Crippen LogP contribution in [0.2, 0.25) is 0 Å². The third kappa shape index (κ3) is 3.36. The summed E-state index contributed by atoms with van der Waals surface area (Å²) in [6.45, 7) is 2.40. The highest BCUT2D eigenvalue weighted by molar-refractivity contribution is 7.13. The molecule has 0 aliphatic carbocycles. The first-order valence-electron chi connectivity index (χ1n) is 8.24. The molecular weight excluding hydrogens is 334 g/mol. The van der Waals surface area contributed by atoms with Crippen LogP contribution >= 0.6 is 11.3 Å². The average Bonchev–Trinajstić information content (AvgIpc) is 3.17. The fourth-order valence-corrected chi connectivity index (χ4v) is 3.82. The molecule has 0 unspecified atom stereocenters. The number of hydrogen-bond acceptors (Lipinski definition) is 5. The van der Waals surface area contributed by atoms with Crippen molar-refractivity contribution in [1.29, 1.82) is 0 Å². The van der Waals surface area contributed by atoms with Crippen molar-refractivity contribution in [2.75, 3.05) is 13.7 Å². The number of aromatic nitrogens is 2. The molecule has 0 saturated heterocycles. The Kier molecular flexibility index (Phi) is 4.38. The van der Waals surface area contributed by atoms with Crippen molar-refractivity contribution >= 4 is 11.3 Å². The molecule has 25 heavy (non-hydrogen) atoms. The minimum absolute atomic E-state index is 0.00232. The van der Waals surface area contributed by atoms with Gasteiger partial charge in [0.2, 0.25) is 0 Å². The van der Waals surface area contributed by atoms with Crippen molar-refractivity contribution in [3.63, 3.8) is 0 Å². The van der Waals surface area contributed by atoms with Gasteiger partial charge in [0.25, 0.3) is 5.56 Å². The maximum atomic E-state index is 12.4. The van der Waals surface area contributed by atoms with Crippen LogP contribution in [0.3, 0.4) is 0 Å². The first-order valence-corrected chi connectivity index (χ1v) is 9.12. The molecule has 1 aliphatic rings. The number of nitrogens with one attached hydrogen (secondary N) is 1. The fourth-order valence-electron chi connectivity index (χ4n) is 3.15. The van der Waals surface area contributed by atoms with Crippen molar-refractivity contribution in [2.24, 2.45) is 0 Å². The lowest BCUT2D eigenvalue weighted by Crippen LogP contribution is -2.35. The maximum absolute atomic E-state index is 12.4. The molecule has 0 atom stereocenters. The van der Waals surface area contributed by atoms with Crippen LogP contribution in [0, 0.1) is 0 Å². The van der Waals surface area contributed by atoms with Crippen molar-refractivity contribution in [2.45, 2.75) is 19.5 Å². The summed E-state index contributed by atoms with van der Waals surface area (Å²) >= 11 is 1.58. The molecule has 3 heterocycles. The van der Waals surface area contributed by atoms with E-state index >= 15 is 0 Å². The lowest BCUT2D eigenvalue weighted by molar-refractivity contribution is 0.240. The van der Waals surface area contributed by atoms with E-state index in [-0.39, 0.29) is 5.56 Å². The molecule has 4 rings (SSSR count). The summed E-state index contributed by atoms with van der Waals surface area (Å²) in [5.41, 5.74) is 2.95. The Morgan fingerprint density at radius 2 is 2.12 bits per heavy atom. The third-order valence-electron chi connectivity index (χ3n) is 4.47. The second kappa shape index (κ2) is 6.82. The number of H-pyrrole nitrogens is 1. The summed E-state index contributed by atoms with van der Waals surface area (Å²) in [7, 11) is 1.67. The first kappa shape index (κ1) is 16.1. The SMILES string of the molecule is COc1ccc(CN2CCc3c(nc(-c4cccs4)[nH]c3=O)C2)cc1. The van der Waals surface area contributed by atoms with Gasteiger partial charge in [-0.15, -0.1) is 11.3 Å². The van der Waals surface area contributed by atoms with Gasteiger partial charge >= 0.3 is 0 Å². The highest BCUT2D eigenvalue weighted by Crippen LogP contribution is 2.23. The molecule has 0 amide bonds. The van der Waals surface area contributed by atoms with Crippen LogP contribution < -0.4 is 10.3 Å². The van der Waals surface area contributed by atoms with Gasteiger partial charge in [0.15, 0.2) is 5.82 Å². The molecule has 0 spiro atoms. The monoisotopic (exact) mass is 353 g/mol. The van der Waals surface area contributed by atoms with E-state index in [1.54, 1.807) is 18.4 Å². The highest BCUT2D eigenvalue weighted by Gasteiger charge is 2.21. The smallest absolute Gasteiger partial charge is 0.254 e. The number of aromatic amines is 1. The molecule has 1 aromatic carbocycles. The van der Waals surface area contributed by atoms with E-state index in [0.29, 0.717) is 12.4 Å². The Labute approximate surface area is 149 Å². The Hall–Kier alpha value is -2.44. The zero-order valence-electron chi connectivity index (χ0n) is 14.0. The van der Waals surface area contributed by atoms with E-state index in [2.05, 4.69) is 22.0 Å². The zero-order chi connectivity index (χ0) is 17.2. The number of ether oxygens (including phenoxy) is 1. The van der Waals surface area contributed by atoms with Crippen LogP contribution in [-0.4, -0.2) is 28.5 Å². The van der Waals surface area contributed by atoms with Gasteiger partial charge in [-0.2, -0.15) is 0 Å². The number of hydrogen-bond donors (Lipinski definition) is 1. The van der Waals surface area contributed by atoms with Gasteiger partial charge in [-0.25, -0.2) is 4.98 Å². The van der Waals surface area contributed by atoms with Crippen molar-refractivity contribution in [1.82, 2.24) is 14.9 Å². The van der Waals surface area contributed by atoms with Crippen LogP contribution in [0.15, 0.2) is 46.6 Å². The topological polar surface area (TPSA) is 58.2 Å². The Morgan fingerprint density at radius 3 is 2.84 bits per heavy atom. The van der Waals surface area contributed by atoms with Gasteiger partial charge < -0.3 is 9.72 Å². The molecule has 5 nitrogen and oxygen atoms in total. The molecule has 2 aromatic heterocycles. The molecule has 0 bridgehead atoms. The lowest BCUT2D eigenvalue weighted by atomic mass is 10.1. The van der Waals surface area contributed by atoms with E-state index in [1.165, 1.54) is 5.56 Å². The fraction of sp³-hybridized carbons (Fsp3) is 0.263. The van der Waals surface area contributed by atoms with Gasteiger partial charge in [0.05, 0.1) is 17.7 Å². The predicted octanol–water partition coefficient (Wildman–Crippen LogP) is 3.07. The number of benzene rings is 1. The Morgan fingerprint density at radius 1 is 1.28 bits per heavy atom. The highest BCUT2D eigenvalue weighted by atomic mass is 32.1. The summed E-state index contributed by atoms with van der Waals surface area (Å²) in [6.07, 6.45) is 0.735. The lowest BCUT2D eigenvalue weighted by Gasteiger charge is -2.27. The summed E-state index contributed by atoms with van der Waals surface area (Å²) in [4.78, 5) is 23.4. The van der Waals surface area contributed by atoms with Crippen LogP contribution in [0.5, 0.6) is 5.75 Å². The van der Waals surface area contributed by atoms with Crippen LogP contribution in [-0.2, 0) is 19.5 Å². The van der Waals surface area contributed by atoms with Gasteiger partial charge in [-0.1, -0.05) is 18.2 Å². The first-order chi connectivity index (χ1) is 12.2. The van der Waals surface area contributed by atoms with E-state index in [9.17, 15) is 4.79 Å². The molecule has 6 heteroatoms. The minimum atomic E-state index is -0.00232. The number of rotatable bonds is 4. The van der Waals surface area contributed by atoms with Gasteiger partial charge in [0.1, 0.15) is 5.75 Å². The summed E-state index contributed by atoms with van der Waals surface area (Å²) in [6, 6.07) is 12.1. The quantitative estimate of drug-likeness (QED) is 0.783. The molecular formula is C19H19N3O2S. The van der Waals surface area contributed by atoms with Crippen molar-refractivity contribution < 1.29 is 4.74 Å². The average molecular weight is 353 g/mol. The van der Waals surface area contributed by atoms with Gasteiger partial charge in [-0.3, -0.25) is 9.69 Å². The van der Waals surface area contributed by atoms with Crippen molar-refractivity contribution in [3.8, 4) is 16.5 Å². The summed E-state index contributed by atoms with van der Waals surface area (Å²) in [5.74, 6) is 1.53. The molecule has 1 aliphatic heterocycles. The third-order valence-corrected chi connectivity index (χ3v) is 5.35. The molecule has 0 saturated carbocycles. The van der Waals surface area contributed by atoms with Crippen LogP contribution in [0.1, 0.15) is 16.8 Å². The summed E-state index contributed by atoms with van der Waals surface area (Å²) in [5, 5.41) is 1.99. The van der Waals surface area contributed by atoms with Crippen LogP contribution in [0.25, 0.3) is 10.7 Å². The Balaban J connectivity index is 1.56. The Bertz CT molecular complexity index is 917. The second-order valence-electron chi connectivity index (χ2n) is 6.13. The molecule has 0 fully saturated rings. The normalized spacial score (nSPS) is 14.3. The van der Waals surface area contributed by atoms with E-state index in [0.717, 1.165) is 41.4 Å². The molecule has 0 radical (unpaired) electrons. The zero-order valence-corrected chi connectivity index (χ0v) is 14.8. The standard InChI is InChI=1S/C19H19N3O2S/c1-24-14-6-4-13(5-7-14)11-22-9-8-15-16(12-22)20-18(21-19(15)23)17-3-2-10-25-17/h2-7,10H,8-9,11-12H2,1H3,(H,20,21,23). The minimum Gasteiger partial charge on any atom is -0.497 e. The predicted molar refractivity (Wildman–Crippen MR) is 99.0 cm³/mol. The molecule has 1 N–H and O–H groups in total. The van der Waals surface area contributed by atoms with Gasteiger partial charge in [-0.05, 0) is 35.6 Å². The number of fused-ring (bicyclic) bond motifs is 1. The second-order valence-corrected chi connectivity index (χ2v) is 7.07. The number of nitrogens with zero attached hydrogens (tertiary/aromatic N) is 2. The van der Waals surface area contributed by atoms with E-state index in [1.807, 2.05) is 29.6 Å².